The minimum absolute atomic E-state index is 0.0752. The van der Waals surface area contributed by atoms with Crippen molar-refractivity contribution in [2.75, 3.05) is 19.6 Å². The zero-order valence-corrected chi connectivity index (χ0v) is 14.8. The molecule has 1 aliphatic heterocycles. The molecule has 0 saturated carbocycles. The first-order valence-electron chi connectivity index (χ1n) is 8.84. The third-order valence-electron chi connectivity index (χ3n) is 4.23. The summed E-state index contributed by atoms with van der Waals surface area (Å²) < 4.78 is 0. The molecule has 5 nitrogen and oxygen atoms in total. The molecule has 0 spiro atoms. The molecule has 0 unspecified atom stereocenters. The molecule has 0 bridgehead atoms. The molecule has 0 atom stereocenters. The van der Waals surface area contributed by atoms with Crippen molar-refractivity contribution >= 4 is 17.7 Å². The van der Waals surface area contributed by atoms with Gasteiger partial charge < -0.3 is 4.90 Å². The van der Waals surface area contributed by atoms with Gasteiger partial charge in [-0.05, 0) is 37.5 Å². The molecule has 1 heterocycles. The number of hydrogen-bond acceptors (Lipinski definition) is 3. The van der Waals surface area contributed by atoms with Crippen LogP contribution in [0.15, 0.2) is 18.2 Å². The average molecular weight is 330 g/mol. The average Bonchev–Trinajstić information content (AvgIpc) is 2.83. The molecule has 0 radical (unpaired) electrons. The molecule has 130 valence electrons. The van der Waals surface area contributed by atoms with Crippen LogP contribution in [-0.2, 0) is 0 Å². The summed E-state index contributed by atoms with van der Waals surface area (Å²) in [4.78, 5) is 40.6. The van der Waals surface area contributed by atoms with Crippen molar-refractivity contribution in [3.05, 3.63) is 34.9 Å². The zero-order valence-electron chi connectivity index (χ0n) is 14.8. The van der Waals surface area contributed by atoms with E-state index in [1.807, 2.05) is 20.8 Å². The maximum atomic E-state index is 12.7. The molecule has 1 aromatic rings. The molecule has 0 fully saturated rings. The Hall–Kier alpha value is -2.17. The Kier molecular flexibility index (Phi) is 6.12. The normalized spacial score (nSPS) is 13.4. The van der Waals surface area contributed by atoms with Crippen molar-refractivity contribution in [3.63, 3.8) is 0 Å². The number of carbonyl (C=O) groups excluding carboxylic acids is 3. The zero-order chi connectivity index (χ0) is 17.7. The second-order valence-corrected chi connectivity index (χ2v) is 6.17. The van der Waals surface area contributed by atoms with Crippen LogP contribution in [0.3, 0.4) is 0 Å². The fraction of sp³-hybridized carbons (Fsp3) is 0.526. The summed E-state index contributed by atoms with van der Waals surface area (Å²) in [5, 5.41) is 0. The number of hydrogen-bond donors (Lipinski definition) is 0. The van der Waals surface area contributed by atoms with Gasteiger partial charge in [0.25, 0.3) is 17.7 Å². The molecule has 5 heteroatoms. The lowest BCUT2D eigenvalue weighted by Gasteiger charge is -2.21. The minimum Gasteiger partial charge on any atom is -0.339 e. The van der Waals surface area contributed by atoms with E-state index in [0.29, 0.717) is 36.3 Å². The lowest BCUT2D eigenvalue weighted by atomic mass is 10.0. The molecule has 0 saturated heterocycles. The van der Waals surface area contributed by atoms with Crippen molar-refractivity contribution < 1.29 is 14.4 Å². The molecular weight excluding hydrogens is 304 g/mol. The SMILES string of the molecule is CCCCN1C(=O)c2ccc(C(=O)N(CCC)CCC)cc2C1=O. The summed E-state index contributed by atoms with van der Waals surface area (Å²) in [5.41, 5.74) is 1.24. The van der Waals surface area contributed by atoms with Crippen LogP contribution in [0.25, 0.3) is 0 Å². The van der Waals surface area contributed by atoms with Crippen LogP contribution < -0.4 is 0 Å². The third kappa shape index (κ3) is 3.50. The second kappa shape index (κ2) is 8.08. The first-order valence-corrected chi connectivity index (χ1v) is 8.84. The van der Waals surface area contributed by atoms with Crippen LogP contribution >= 0.6 is 0 Å². The van der Waals surface area contributed by atoms with Crippen LogP contribution in [0.2, 0.25) is 0 Å². The first-order chi connectivity index (χ1) is 11.5. The van der Waals surface area contributed by atoms with Gasteiger partial charge in [0.2, 0.25) is 0 Å². The highest BCUT2D eigenvalue weighted by molar-refractivity contribution is 6.22. The smallest absolute Gasteiger partial charge is 0.261 e. The number of unbranched alkanes of at least 4 members (excludes halogenated alkanes) is 1. The quantitative estimate of drug-likeness (QED) is 0.687. The van der Waals surface area contributed by atoms with Crippen LogP contribution in [0.1, 0.15) is 77.5 Å². The fourth-order valence-corrected chi connectivity index (χ4v) is 2.98. The Morgan fingerprint density at radius 3 is 2.17 bits per heavy atom. The predicted octanol–water partition coefficient (Wildman–Crippen LogP) is 3.34. The van der Waals surface area contributed by atoms with E-state index in [0.717, 1.165) is 25.7 Å². The molecule has 3 amide bonds. The van der Waals surface area contributed by atoms with Gasteiger partial charge in [-0.2, -0.15) is 0 Å². The van der Waals surface area contributed by atoms with E-state index in [1.165, 1.54) is 4.90 Å². The van der Waals surface area contributed by atoms with Gasteiger partial charge in [-0.3, -0.25) is 19.3 Å². The molecule has 0 aromatic heterocycles. The highest BCUT2D eigenvalue weighted by Crippen LogP contribution is 2.25. The van der Waals surface area contributed by atoms with E-state index in [2.05, 4.69) is 0 Å². The molecule has 24 heavy (non-hydrogen) atoms. The van der Waals surface area contributed by atoms with Gasteiger partial charge in [-0.1, -0.05) is 27.2 Å². The van der Waals surface area contributed by atoms with Gasteiger partial charge in [0, 0.05) is 25.2 Å². The Morgan fingerprint density at radius 2 is 1.58 bits per heavy atom. The second-order valence-electron chi connectivity index (χ2n) is 6.17. The van der Waals surface area contributed by atoms with Crippen molar-refractivity contribution in [2.45, 2.75) is 46.5 Å². The van der Waals surface area contributed by atoms with E-state index >= 15 is 0 Å². The maximum absolute atomic E-state index is 12.7. The molecule has 0 aliphatic carbocycles. The Balaban J connectivity index is 2.27. The Labute approximate surface area is 143 Å². The van der Waals surface area contributed by atoms with E-state index in [9.17, 15) is 14.4 Å². The van der Waals surface area contributed by atoms with Crippen molar-refractivity contribution in [1.82, 2.24) is 9.80 Å². The largest absolute Gasteiger partial charge is 0.339 e. The van der Waals surface area contributed by atoms with Crippen LogP contribution in [-0.4, -0.2) is 47.2 Å². The Morgan fingerprint density at radius 1 is 0.958 bits per heavy atom. The summed E-state index contributed by atoms with van der Waals surface area (Å²) in [6, 6.07) is 4.86. The molecule has 2 rings (SSSR count). The van der Waals surface area contributed by atoms with Gasteiger partial charge in [0.1, 0.15) is 0 Å². The molecule has 1 aromatic carbocycles. The van der Waals surface area contributed by atoms with E-state index in [4.69, 9.17) is 0 Å². The highest BCUT2D eigenvalue weighted by atomic mass is 16.2. The summed E-state index contributed by atoms with van der Waals surface area (Å²) in [5.74, 6) is -0.606. The minimum atomic E-state index is -0.282. The number of carbonyl (C=O) groups is 3. The van der Waals surface area contributed by atoms with Crippen molar-refractivity contribution in [2.24, 2.45) is 0 Å². The highest BCUT2D eigenvalue weighted by Gasteiger charge is 2.35. The first kappa shape index (κ1) is 18.2. The number of fused-ring (bicyclic) bond motifs is 1. The van der Waals surface area contributed by atoms with Crippen LogP contribution in [0, 0.1) is 0 Å². The molecular formula is C19H26N2O3. The third-order valence-corrected chi connectivity index (χ3v) is 4.23. The monoisotopic (exact) mass is 330 g/mol. The Bertz CT molecular complexity index is 633. The molecule has 0 N–H and O–H groups in total. The fourth-order valence-electron chi connectivity index (χ4n) is 2.98. The number of nitrogens with zero attached hydrogens (tertiary/aromatic N) is 2. The number of benzene rings is 1. The standard InChI is InChI=1S/C19H26N2O3/c1-4-7-12-21-18(23)15-9-8-14(13-16(15)19(21)24)17(22)20(10-5-2)11-6-3/h8-9,13H,4-7,10-12H2,1-3H3. The molecule has 1 aliphatic rings. The van der Waals surface area contributed by atoms with Gasteiger partial charge in [-0.25, -0.2) is 0 Å². The van der Waals surface area contributed by atoms with Gasteiger partial charge >= 0.3 is 0 Å². The summed E-state index contributed by atoms with van der Waals surface area (Å²) in [7, 11) is 0. The summed E-state index contributed by atoms with van der Waals surface area (Å²) in [6.07, 6.45) is 3.48. The van der Waals surface area contributed by atoms with Crippen LogP contribution in [0.4, 0.5) is 0 Å². The van der Waals surface area contributed by atoms with Crippen LogP contribution in [0.5, 0.6) is 0 Å². The summed E-state index contributed by atoms with van der Waals surface area (Å²) >= 11 is 0. The number of rotatable bonds is 8. The van der Waals surface area contributed by atoms with Gasteiger partial charge in [0.05, 0.1) is 11.1 Å². The lowest BCUT2D eigenvalue weighted by molar-refractivity contribution is 0.0652. The van der Waals surface area contributed by atoms with Crippen molar-refractivity contribution in [1.29, 1.82) is 0 Å². The number of amides is 3. The number of imide groups is 1. The van der Waals surface area contributed by atoms with E-state index in [-0.39, 0.29) is 17.7 Å². The topological polar surface area (TPSA) is 57.7 Å². The van der Waals surface area contributed by atoms with Gasteiger partial charge in [0.15, 0.2) is 0 Å². The lowest BCUT2D eigenvalue weighted by Crippen LogP contribution is -2.32. The predicted molar refractivity (Wildman–Crippen MR) is 93.2 cm³/mol. The van der Waals surface area contributed by atoms with Gasteiger partial charge in [-0.15, -0.1) is 0 Å². The maximum Gasteiger partial charge on any atom is 0.261 e. The van der Waals surface area contributed by atoms with E-state index in [1.54, 1.807) is 23.1 Å². The van der Waals surface area contributed by atoms with E-state index < -0.39 is 0 Å². The summed E-state index contributed by atoms with van der Waals surface area (Å²) in [6.45, 7) is 7.91. The van der Waals surface area contributed by atoms with Crippen molar-refractivity contribution in [3.8, 4) is 0 Å².